The predicted molar refractivity (Wildman–Crippen MR) is 250 cm³/mol. The molecule has 63 heavy (non-hydrogen) atoms. The molecule has 0 aromatic heterocycles. The Hall–Kier alpha value is -3.48. The van der Waals surface area contributed by atoms with Gasteiger partial charge in [-0.3, -0.25) is 18.9 Å². The van der Waals surface area contributed by atoms with Crippen molar-refractivity contribution in [1.29, 1.82) is 0 Å². The third kappa shape index (κ3) is 32.8. The van der Waals surface area contributed by atoms with E-state index in [1.54, 1.807) is 12.2 Å². The largest absolute Gasteiger partial charge is 0.756 e. The molecule has 12 nitrogen and oxygen atoms in total. The molecule has 0 radical (unpaired) electrons. The Labute approximate surface area is 379 Å². The standard InChI is InChI=1S/C50H80NO11P/c1-6-8-10-11-12-13-14-15-16-17-18-19-20-21-22-23-24-25-30-34-49(55)59-41-44(42-61-63(57,58)60-39-38-51(3,4)5)62-50(56)35-31-27-26-29-33-45-46(48(54)40-47(45)53)37-36-43(52)32-28-9-7-2/h8,10,12-13,15-16,18-19,21-22,24-26,29,36-37,43-46,48,52,54H,6-7,9,11,14,17,20,23,27-28,30-35,38-42H2,1-5H3/b10-8-,13-12-,16-15-,19-18-,22-21-,25-24-,29-26-,37-36+/t43-,44+,45+,46+,48+/m0/s1. The van der Waals surface area contributed by atoms with Crippen molar-refractivity contribution in [2.24, 2.45) is 11.8 Å². The predicted octanol–water partition coefficient (Wildman–Crippen LogP) is 9.31. The summed E-state index contributed by atoms with van der Waals surface area (Å²) in [5.41, 5.74) is 0. The van der Waals surface area contributed by atoms with E-state index in [4.69, 9.17) is 18.5 Å². The highest BCUT2D eigenvalue weighted by Crippen LogP contribution is 2.38. The van der Waals surface area contributed by atoms with E-state index in [1.807, 2.05) is 45.4 Å². The molecule has 356 valence electrons. The van der Waals surface area contributed by atoms with E-state index in [9.17, 15) is 34.1 Å². The number of phosphoric ester groups is 1. The SMILES string of the molecule is CC/C=C\C/C=C\C/C=C\C/C=C\C/C=C\C/C=C\CCC(=O)OC[C@H](COP(=O)([O-])OCC[N+](C)(C)C)OC(=O)CCC/C=C\C[C@H]1C(=O)C[C@@H](O)[C@@H]1/C=C/[C@@H](O)CCCCC. The van der Waals surface area contributed by atoms with Crippen LogP contribution in [-0.2, 0) is 37.5 Å². The molecule has 0 saturated heterocycles. The van der Waals surface area contributed by atoms with E-state index in [1.165, 1.54) is 0 Å². The van der Waals surface area contributed by atoms with Crippen molar-refractivity contribution < 1.29 is 57.1 Å². The second kappa shape index (κ2) is 35.8. The normalized spacial score (nSPS) is 19.7. The first-order chi connectivity index (χ1) is 30.2. The highest BCUT2D eigenvalue weighted by molar-refractivity contribution is 7.45. The molecule has 0 aromatic rings. The lowest BCUT2D eigenvalue weighted by Gasteiger charge is -2.28. The van der Waals surface area contributed by atoms with Crippen molar-refractivity contribution in [3.8, 4) is 0 Å². The van der Waals surface area contributed by atoms with E-state index >= 15 is 0 Å². The number of ether oxygens (including phenoxy) is 2. The lowest BCUT2D eigenvalue weighted by Crippen LogP contribution is -2.37. The van der Waals surface area contributed by atoms with Crippen LogP contribution in [-0.4, -0.2) is 98.2 Å². The van der Waals surface area contributed by atoms with Gasteiger partial charge in [0.2, 0.25) is 0 Å². The first kappa shape index (κ1) is 57.5. The van der Waals surface area contributed by atoms with Gasteiger partial charge in [0.05, 0.1) is 40.0 Å². The summed E-state index contributed by atoms with van der Waals surface area (Å²) in [5.74, 6) is -1.91. The van der Waals surface area contributed by atoms with Crippen LogP contribution in [0.2, 0.25) is 0 Å². The van der Waals surface area contributed by atoms with Gasteiger partial charge in [-0.25, -0.2) is 0 Å². The lowest BCUT2D eigenvalue weighted by molar-refractivity contribution is -0.870. The minimum atomic E-state index is -4.73. The number of ketones is 1. The highest BCUT2D eigenvalue weighted by atomic mass is 31.2. The summed E-state index contributed by atoms with van der Waals surface area (Å²) in [6.45, 7) is 3.58. The van der Waals surface area contributed by atoms with Gasteiger partial charge in [0.1, 0.15) is 25.5 Å². The maximum atomic E-state index is 12.8. The van der Waals surface area contributed by atoms with Gasteiger partial charge in [0.15, 0.2) is 6.10 Å². The summed E-state index contributed by atoms with van der Waals surface area (Å²) in [4.78, 5) is 50.3. The molecular weight excluding hydrogens is 822 g/mol. The number of allylic oxidation sites excluding steroid dienone is 14. The molecule has 0 aromatic carbocycles. The molecule has 1 rings (SSSR count). The fourth-order valence-electron chi connectivity index (χ4n) is 6.31. The van der Waals surface area contributed by atoms with Gasteiger partial charge in [-0.1, -0.05) is 130 Å². The number of rotatable bonds is 36. The molecule has 6 atom stereocenters. The minimum absolute atomic E-state index is 0.00879. The van der Waals surface area contributed by atoms with Gasteiger partial charge in [-0.15, -0.1) is 0 Å². The van der Waals surface area contributed by atoms with E-state index in [0.717, 1.165) is 57.8 Å². The van der Waals surface area contributed by atoms with Gasteiger partial charge in [0.25, 0.3) is 7.82 Å². The molecule has 2 N–H and O–H groups in total. The van der Waals surface area contributed by atoms with E-state index in [0.29, 0.717) is 43.1 Å². The minimum Gasteiger partial charge on any atom is -0.756 e. The molecule has 0 aliphatic heterocycles. The maximum absolute atomic E-state index is 12.8. The Morgan fingerprint density at radius 3 is 1.95 bits per heavy atom. The fourth-order valence-corrected chi connectivity index (χ4v) is 7.04. The van der Waals surface area contributed by atoms with Crippen molar-refractivity contribution in [1.82, 2.24) is 0 Å². The quantitative estimate of drug-likeness (QED) is 0.0202. The Morgan fingerprint density at radius 1 is 0.778 bits per heavy atom. The molecule has 0 spiro atoms. The Kier molecular flexibility index (Phi) is 32.7. The van der Waals surface area contributed by atoms with Crippen LogP contribution in [0.5, 0.6) is 0 Å². The van der Waals surface area contributed by atoms with Crippen LogP contribution in [0.4, 0.5) is 0 Å². The topological polar surface area (TPSA) is 169 Å². The van der Waals surface area contributed by atoms with Crippen LogP contribution in [0.25, 0.3) is 0 Å². The Morgan fingerprint density at radius 2 is 1.37 bits per heavy atom. The number of quaternary nitrogens is 1. The molecule has 1 unspecified atom stereocenters. The number of phosphoric acid groups is 1. The molecule has 1 fully saturated rings. The van der Waals surface area contributed by atoms with Gasteiger partial charge in [-0.2, -0.15) is 0 Å². The van der Waals surface area contributed by atoms with Crippen molar-refractivity contribution in [3.63, 3.8) is 0 Å². The number of esters is 2. The second-order valence-electron chi connectivity index (χ2n) is 16.8. The third-order valence-corrected chi connectivity index (χ3v) is 10.9. The number of Topliss-reactive ketones (excluding diaryl/α,β-unsaturated/α-hetero) is 1. The monoisotopic (exact) mass is 902 g/mol. The summed E-state index contributed by atoms with van der Waals surface area (Å²) in [6.07, 6.45) is 41.0. The first-order valence-electron chi connectivity index (χ1n) is 23.0. The van der Waals surface area contributed by atoms with E-state index in [-0.39, 0.29) is 50.1 Å². The summed E-state index contributed by atoms with van der Waals surface area (Å²) in [7, 11) is 0.943. The van der Waals surface area contributed by atoms with Crippen molar-refractivity contribution in [2.45, 2.75) is 141 Å². The number of carbonyl (C=O) groups excluding carboxylic acids is 3. The molecule has 1 aliphatic carbocycles. The summed E-state index contributed by atoms with van der Waals surface area (Å²) < 4.78 is 33.7. The van der Waals surface area contributed by atoms with Gasteiger partial charge in [0, 0.05) is 31.1 Å². The summed E-state index contributed by atoms with van der Waals surface area (Å²) >= 11 is 0. The number of likely N-dealkylation sites (N-methyl/N-ethyl adjacent to an activating group) is 1. The smallest absolute Gasteiger partial charge is 0.306 e. The number of hydrogen-bond acceptors (Lipinski definition) is 11. The van der Waals surface area contributed by atoms with Gasteiger partial charge in [-0.05, 0) is 70.6 Å². The number of aliphatic hydroxyl groups excluding tert-OH is 2. The van der Waals surface area contributed by atoms with Crippen molar-refractivity contribution in [3.05, 3.63) is 97.2 Å². The highest BCUT2D eigenvalue weighted by Gasteiger charge is 2.39. The van der Waals surface area contributed by atoms with Crippen LogP contribution in [0, 0.1) is 11.8 Å². The van der Waals surface area contributed by atoms with Crippen molar-refractivity contribution in [2.75, 3.05) is 47.5 Å². The average Bonchev–Trinajstić information content (AvgIpc) is 3.50. The first-order valence-corrected chi connectivity index (χ1v) is 24.5. The molecule has 0 amide bonds. The molecule has 1 saturated carbocycles. The van der Waals surface area contributed by atoms with Crippen LogP contribution in [0.3, 0.4) is 0 Å². The van der Waals surface area contributed by atoms with Crippen molar-refractivity contribution >= 4 is 25.5 Å². The molecule has 0 bridgehead atoms. The zero-order valence-corrected chi connectivity index (χ0v) is 39.8. The van der Waals surface area contributed by atoms with Gasteiger partial charge < -0.3 is 38.1 Å². The molecular formula is C50H80NO11P. The molecule has 0 heterocycles. The van der Waals surface area contributed by atoms with E-state index < -0.39 is 44.7 Å². The van der Waals surface area contributed by atoms with Crippen LogP contribution in [0.15, 0.2) is 97.2 Å². The van der Waals surface area contributed by atoms with Gasteiger partial charge >= 0.3 is 11.9 Å². The number of unbranched alkanes of at least 4 members (excludes halogenated alkanes) is 3. The summed E-state index contributed by atoms with van der Waals surface area (Å²) in [6, 6.07) is 0. The number of aliphatic hydroxyl groups is 2. The number of carbonyl (C=O) groups is 3. The third-order valence-electron chi connectivity index (χ3n) is 9.97. The molecule has 1 aliphatic rings. The van der Waals surface area contributed by atoms with Crippen LogP contribution < -0.4 is 4.89 Å². The average molecular weight is 902 g/mol. The Balaban J connectivity index is 2.55. The number of hydrogen-bond donors (Lipinski definition) is 2. The lowest BCUT2D eigenvalue weighted by atomic mass is 9.90. The summed E-state index contributed by atoms with van der Waals surface area (Å²) in [5, 5.41) is 20.7. The maximum Gasteiger partial charge on any atom is 0.306 e. The Bertz CT molecular complexity index is 1550. The zero-order valence-electron chi connectivity index (χ0n) is 38.9. The number of nitrogens with zero attached hydrogens (tertiary/aromatic N) is 1. The molecule has 13 heteroatoms. The van der Waals surface area contributed by atoms with E-state index in [2.05, 4.69) is 74.6 Å². The van der Waals surface area contributed by atoms with Crippen LogP contribution >= 0.6 is 7.82 Å². The van der Waals surface area contributed by atoms with Crippen LogP contribution in [0.1, 0.15) is 123 Å². The second-order valence-corrected chi connectivity index (χ2v) is 18.2. The zero-order chi connectivity index (χ0) is 46.6. The fraction of sp³-hybridized carbons (Fsp3) is 0.620.